The number of aliphatic carboxylic acids is 1. The van der Waals surface area contributed by atoms with Gasteiger partial charge in [-0.15, -0.1) is 23.1 Å². The van der Waals surface area contributed by atoms with E-state index < -0.39 is 34.9 Å². The van der Waals surface area contributed by atoms with Crippen molar-refractivity contribution in [3.8, 4) is 0 Å². The van der Waals surface area contributed by atoms with Gasteiger partial charge in [-0.1, -0.05) is 28.3 Å². The highest BCUT2D eigenvalue weighted by molar-refractivity contribution is 8.07. The third kappa shape index (κ3) is 3.87. The number of thiazole rings is 2. The summed E-state index contributed by atoms with van der Waals surface area (Å²) < 4.78 is 0.616. The number of carbonyl (C=O) groups excluding carboxylic acids is 2. The number of aromatic nitrogens is 3. The van der Waals surface area contributed by atoms with Crippen molar-refractivity contribution in [1.29, 1.82) is 0 Å². The van der Waals surface area contributed by atoms with Crippen molar-refractivity contribution in [2.24, 2.45) is 5.16 Å². The Bertz CT molecular complexity index is 1370. The number of rotatable bonds is 6. The lowest BCUT2D eigenvalue weighted by Crippen LogP contribution is -2.71. The molecule has 0 aromatic carbocycles. The van der Waals surface area contributed by atoms with Crippen LogP contribution < -0.4 is 11.1 Å². The standard InChI is InChI=1S/C18H13N7O5S4/c19-17-21-7(4-32-17)9(24-30)12(26)23-10-14(27)25-11(16(28)29)8(5-31-15(10)25)33-18-22-6-2-1-3-20-13(6)34-18/h1-4,10,15,30H,5H2,(H2,19,21)(H,23,26)(H,28,29)/b24-9-. The second-order valence-electron chi connectivity index (χ2n) is 6.87. The van der Waals surface area contributed by atoms with Gasteiger partial charge in [0, 0.05) is 22.2 Å². The van der Waals surface area contributed by atoms with Crippen molar-refractivity contribution in [2.75, 3.05) is 11.5 Å². The van der Waals surface area contributed by atoms with Crippen LogP contribution in [0.15, 0.2) is 43.8 Å². The van der Waals surface area contributed by atoms with E-state index in [0.717, 1.165) is 21.1 Å². The monoisotopic (exact) mass is 535 g/mol. The van der Waals surface area contributed by atoms with Gasteiger partial charge in [0.1, 0.15) is 33.2 Å². The van der Waals surface area contributed by atoms with Crippen molar-refractivity contribution < 1.29 is 24.7 Å². The molecule has 2 atom stereocenters. The van der Waals surface area contributed by atoms with Gasteiger partial charge in [-0.05, 0) is 12.1 Å². The molecule has 2 amide bonds. The maximum Gasteiger partial charge on any atom is 0.353 e. The minimum Gasteiger partial charge on any atom is -0.477 e. The Morgan fingerprint density at radius 3 is 2.85 bits per heavy atom. The van der Waals surface area contributed by atoms with Crippen molar-refractivity contribution in [1.82, 2.24) is 25.2 Å². The first-order valence-corrected chi connectivity index (χ1v) is 13.0. The molecule has 12 nitrogen and oxygen atoms in total. The number of oxime groups is 1. The predicted octanol–water partition coefficient (Wildman–Crippen LogP) is 1.40. The number of anilines is 1. The molecule has 0 radical (unpaired) electrons. The summed E-state index contributed by atoms with van der Waals surface area (Å²) in [5, 5.41) is 25.6. The summed E-state index contributed by atoms with van der Waals surface area (Å²) in [5.74, 6) is -2.35. The molecule has 5 rings (SSSR count). The lowest BCUT2D eigenvalue weighted by Gasteiger charge is -2.49. The number of nitrogens with one attached hydrogen (secondary N) is 1. The second-order valence-corrected chi connectivity index (χ2v) is 11.2. The Balaban J connectivity index is 1.35. The van der Waals surface area contributed by atoms with Gasteiger partial charge in [0.25, 0.3) is 11.8 Å². The third-order valence-corrected chi connectivity index (χ3v) is 9.12. The molecular formula is C18H13N7O5S4. The highest BCUT2D eigenvalue weighted by Crippen LogP contribution is 2.46. The Hall–Kier alpha value is -3.21. The molecule has 5 N–H and O–H groups in total. The van der Waals surface area contributed by atoms with Crippen LogP contribution in [0, 0.1) is 0 Å². The average Bonchev–Trinajstić information content (AvgIpc) is 3.43. The van der Waals surface area contributed by atoms with E-state index >= 15 is 0 Å². The number of hydrogen-bond acceptors (Lipinski definition) is 13. The number of nitrogens with two attached hydrogens (primary N) is 1. The van der Waals surface area contributed by atoms with Crippen LogP contribution in [0.3, 0.4) is 0 Å². The molecule has 3 aromatic rings. The molecule has 174 valence electrons. The summed E-state index contributed by atoms with van der Waals surface area (Å²) in [6.07, 6.45) is 1.65. The fraction of sp³-hybridized carbons (Fsp3) is 0.167. The molecular weight excluding hydrogens is 523 g/mol. The Labute approximate surface area is 207 Å². The van der Waals surface area contributed by atoms with Crippen LogP contribution in [0.1, 0.15) is 5.69 Å². The number of fused-ring (bicyclic) bond motifs is 2. The maximum atomic E-state index is 12.9. The van der Waals surface area contributed by atoms with E-state index in [1.54, 1.807) is 12.3 Å². The number of hydrogen-bond donors (Lipinski definition) is 4. The van der Waals surface area contributed by atoms with Crippen molar-refractivity contribution in [3.63, 3.8) is 0 Å². The second kappa shape index (κ2) is 8.86. The van der Waals surface area contributed by atoms with E-state index in [9.17, 15) is 24.7 Å². The predicted molar refractivity (Wildman–Crippen MR) is 128 cm³/mol. The summed E-state index contributed by atoms with van der Waals surface area (Å²) >= 11 is 4.89. The molecule has 1 fully saturated rings. The van der Waals surface area contributed by atoms with Crippen LogP contribution in [0.5, 0.6) is 0 Å². The van der Waals surface area contributed by atoms with E-state index in [0.29, 0.717) is 20.5 Å². The Kier molecular flexibility index (Phi) is 5.88. The number of carboxylic acid groups (broad SMARTS) is 1. The first-order chi connectivity index (χ1) is 16.4. The van der Waals surface area contributed by atoms with Gasteiger partial charge in [0.05, 0.1) is 0 Å². The highest BCUT2D eigenvalue weighted by atomic mass is 32.2. The Morgan fingerprint density at radius 1 is 1.35 bits per heavy atom. The number of nitrogen functional groups attached to an aromatic ring is 1. The summed E-state index contributed by atoms with van der Waals surface area (Å²) in [7, 11) is 0. The van der Waals surface area contributed by atoms with Crippen molar-refractivity contribution in [3.05, 3.63) is 40.0 Å². The molecule has 2 unspecified atom stereocenters. The molecule has 3 aromatic heterocycles. The molecule has 2 aliphatic heterocycles. The van der Waals surface area contributed by atoms with E-state index in [2.05, 4.69) is 25.4 Å². The van der Waals surface area contributed by atoms with Crippen LogP contribution in [0.25, 0.3) is 10.3 Å². The van der Waals surface area contributed by atoms with Crippen molar-refractivity contribution >= 4 is 85.2 Å². The average molecular weight is 536 g/mol. The van der Waals surface area contributed by atoms with E-state index in [1.807, 2.05) is 6.07 Å². The first-order valence-electron chi connectivity index (χ1n) is 9.42. The Morgan fingerprint density at radius 2 is 2.18 bits per heavy atom. The van der Waals surface area contributed by atoms with Gasteiger partial charge in [-0.25, -0.2) is 19.7 Å². The molecule has 16 heteroatoms. The number of thioether (sulfide) groups is 2. The first kappa shape index (κ1) is 22.6. The smallest absolute Gasteiger partial charge is 0.353 e. The van der Waals surface area contributed by atoms with Gasteiger partial charge < -0.3 is 21.4 Å². The van der Waals surface area contributed by atoms with Gasteiger partial charge in [-0.2, -0.15) is 0 Å². The van der Waals surface area contributed by atoms with E-state index in [4.69, 9.17) is 5.73 Å². The zero-order valence-corrected chi connectivity index (χ0v) is 20.0. The third-order valence-electron chi connectivity index (χ3n) is 4.86. The molecule has 2 aliphatic rings. The van der Waals surface area contributed by atoms with Gasteiger partial charge in [-0.3, -0.25) is 14.5 Å². The molecule has 0 spiro atoms. The normalized spacial score (nSPS) is 20.3. The summed E-state index contributed by atoms with van der Waals surface area (Å²) in [4.78, 5) is 52.5. The van der Waals surface area contributed by atoms with Crippen LogP contribution >= 0.6 is 46.2 Å². The minimum atomic E-state index is -1.25. The molecule has 0 bridgehead atoms. The SMILES string of the molecule is Nc1nc(/C(=N/O)C(=O)NC2C(=O)N3C(C(=O)O)=C(Sc4nc5cccnc5s4)CSC23)cs1. The fourth-order valence-corrected chi connectivity index (χ4v) is 7.55. The minimum absolute atomic E-state index is 0.0672. The number of amides is 2. The fourth-order valence-electron chi connectivity index (χ4n) is 3.39. The quantitative estimate of drug-likeness (QED) is 0.155. The molecule has 5 heterocycles. The molecule has 0 saturated carbocycles. The van der Waals surface area contributed by atoms with E-state index in [1.165, 1.54) is 40.2 Å². The summed E-state index contributed by atoms with van der Waals surface area (Å²) in [6, 6.07) is 2.60. The molecule has 34 heavy (non-hydrogen) atoms. The number of carbonyl (C=O) groups is 3. The van der Waals surface area contributed by atoms with Crippen LogP contribution in [-0.2, 0) is 14.4 Å². The zero-order valence-electron chi connectivity index (χ0n) is 16.7. The van der Waals surface area contributed by atoms with Crippen LogP contribution in [0.4, 0.5) is 5.13 Å². The number of carboxylic acids is 1. The molecule has 1 saturated heterocycles. The number of pyridine rings is 1. The summed E-state index contributed by atoms with van der Waals surface area (Å²) in [5.41, 5.74) is 5.80. The van der Waals surface area contributed by atoms with E-state index in [-0.39, 0.29) is 16.5 Å². The van der Waals surface area contributed by atoms with Gasteiger partial charge in [0.15, 0.2) is 15.2 Å². The van der Waals surface area contributed by atoms with Gasteiger partial charge in [0.2, 0.25) is 0 Å². The number of β-lactam (4-membered cyclic amide) rings is 1. The number of nitrogens with zero attached hydrogens (tertiary/aromatic N) is 5. The highest BCUT2D eigenvalue weighted by Gasteiger charge is 2.54. The van der Waals surface area contributed by atoms with Crippen molar-refractivity contribution in [2.45, 2.75) is 15.8 Å². The lowest BCUT2D eigenvalue weighted by molar-refractivity contribution is -0.150. The molecule has 0 aliphatic carbocycles. The van der Waals surface area contributed by atoms with Crippen LogP contribution in [-0.4, -0.2) is 70.8 Å². The topological polar surface area (TPSA) is 184 Å². The lowest BCUT2D eigenvalue weighted by atomic mass is 10.0. The summed E-state index contributed by atoms with van der Waals surface area (Å²) in [6.45, 7) is 0. The van der Waals surface area contributed by atoms with Gasteiger partial charge >= 0.3 is 5.97 Å². The van der Waals surface area contributed by atoms with Crippen LogP contribution in [0.2, 0.25) is 0 Å². The largest absolute Gasteiger partial charge is 0.477 e. The maximum absolute atomic E-state index is 12.9. The zero-order chi connectivity index (χ0) is 24.0.